The first-order valence-corrected chi connectivity index (χ1v) is 8.88. The molecular weight excluding hydrogens is 340 g/mol. The number of thioether (sulfide) groups is 1. The summed E-state index contributed by atoms with van der Waals surface area (Å²) in [5.74, 6) is -0.0874. The third kappa shape index (κ3) is 4.34. The number of nitrogens with zero attached hydrogens (tertiary/aromatic N) is 2. The monoisotopic (exact) mass is 356 g/mol. The van der Waals surface area contributed by atoms with Gasteiger partial charge in [-0.1, -0.05) is 40.8 Å². The van der Waals surface area contributed by atoms with E-state index in [1.165, 1.54) is 23.1 Å². The zero-order valence-corrected chi connectivity index (χ0v) is 14.9. The molecule has 2 N–H and O–H groups in total. The maximum atomic E-state index is 12.3. The number of amides is 1. The van der Waals surface area contributed by atoms with Gasteiger partial charge in [0.15, 0.2) is 4.34 Å². The van der Waals surface area contributed by atoms with Crippen LogP contribution in [0.1, 0.15) is 19.4 Å². The van der Waals surface area contributed by atoms with E-state index in [0.717, 1.165) is 27.3 Å². The molecule has 1 aromatic carbocycles. The third-order valence-corrected chi connectivity index (χ3v) is 5.38. The lowest BCUT2D eigenvalue weighted by atomic mass is 10.2. The normalized spacial score (nSPS) is 12.0. The van der Waals surface area contributed by atoms with Gasteiger partial charge in [-0.3, -0.25) is 4.79 Å². The van der Waals surface area contributed by atoms with Gasteiger partial charge in [0.2, 0.25) is 11.0 Å². The molecule has 0 aliphatic heterocycles. The van der Waals surface area contributed by atoms with Gasteiger partial charge >= 0.3 is 0 Å². The average Bonchev–Trinajstić information content (AvgIpc) is 2.91. The Labute approximate surface area is 142 Å². The van der Waals surface area contributed by atoms with Gasteiger partial charge in [0.1, 0.15) is 0 Å². The van der Waals surface area contributed by atoms with Gasteiger partial charge in [-0.2, -0.15) is 0 Å². The lowest BCUT2D eigenvalue weighted by molar-refractivity contribution is -0.115. The van der Waals surface area contributed by atoms with E-state index in [9.17, 15) is 4.79 Å². The van der Waals surface area contributed by atoms with E-state index >= 15 is 0 Å². The molecule has 0 radical (unpaired) electrons. The molecule has 0 unspecified atom stereocenters. The zero-order valence-electron chi connectivity index (χ0n) is 12.5. The van der Waals surface area contributed by atoms with E-state index < -0.39 is 0 Å². The van der Waals surface area contributed by atoms with Crippen LogP contribution in [0.25, 0.3) is 0 Å². The lowest BCUT2D eigenvalue weighted by Crippen LogP contribution is -2.22. The Morgan fingerprint density at radius 3 is 2.95 bits per heavy atom. The molecule has 22 heavy (non-hydrogen) atoms. The van der Waals surface area contributed by atoms with Crippen molar-refractivity contribution in [2.75, 3.05) is 17.2 Å². The Morgan fingerprint density at radius 1 is 1.45 bits per heavy atom. The van der Waals surface area contributed by atoms with Gasteiger partial charge in [0.25, 0.3) is 0 Å². The van der Waals surface area contributed by atoms with Crippen molar-refractivity contribution in [2.45, 2.75) is 30.4 Å². The maximum absolute atomic E-state index is 12.3. The summed E-state index contributed by atoms with van der Waals surface area (Å²) in [6.07, 6.45) is 0. The molecule has 0 aliphatic carbocycles. The number of anilines is 2. The Kier molecular flexibility index (Phi) is 6.05. The van der Waals surface area contributed by atoms with Crippen molar-refractivity contribution in [2.24, 2.45) is 0 Å². The summed E-state index contributed by atoms with van der Waals surface area (Å²) in [6, 6.07) is 5.45. The van der Waals surface area contributed by atoms with Crippen LogP contribution in [0.15, 0.2) is 22.5 Å². The Hall–Kier alpha value is -1.31. The first kappa shape index (κ1) is 17.1. The van der Waals surface area contributed by atoms with Crippen LogP contribution in [0.3, 0.4) is 0 Å². The molecule has 0 saturated carbocycles. The fourth-order valence-electron chi connectivity index (χ4n) is 1.66. The molecule has 0 spiro atoms. The minimum absolute atomic E-state index is 0.0874. The van der Waals surface area contributed by atoms with Crippen LogP contribution in [0.4, 0.5) is 10.8 Å². The van der Waals surface area contributed by atoms with Gasteiger partial charge in [-0.25, -0.2) is 0 Å². The van der Waals surface area contributed by atoms with Gasteiger partial charge in [-0.05, 0) is 38.5 Å². The summed E-state index contributed by atoms with van der Waals surface area (Å²) in [7, 11) is 0. The second kappa shape index (κ2) is 7.80. The number of rotatable bonds is 6. The number of hydrogen-bond donors (Lipinski definition) is 2. The van der Waals surface area contributed by atoms with Gasteiger partial charge in [-0.15, -0.1) is 10.2 Å². The molecule has 1 aromatic heterocycles. The molecule has 0 fully saturated rings. The summed E-state index contributed by atoms with van der Waals surface area (Å²) in [5.41, 5.74) is 1.59. The highest BCUT2D eigenvalue weighted by atomic mass is 35.5. The smallest absolute Gasteiger partial charge is 0.237 e. The minimum Gasteiger partial charge on any atom is -0.360 e. The summed E-state index contributed by atoms with van der Waals surface area (Å²) in [6.45, 7) is 6.51. The van der Waals surface area contributed by atoms with Crippen LogP contribution < -0.4 is 10.6 Å². The molecule has 1 atom stereocenters. The SMILES string of the molecule is CCNc1nnc(S[C@@H](C)C(=O)Nc2cccc(Cl)c2C)s1. The van der Waals surface area contributed by atoms with E-state index in [-0.39, 0.29) is 11.2 Å². The van der Waals surface area contributed by atoms with Crippen LogP contribution in [-0.4, -0.2) is 27.9 Å². The molecule has 0 aliphatic rings. The molecule has 2 aromatic rings. The second-order valence-corrected chi connectivity index (χ2v) is 7.54. The third-order valence-electron chi connectivity index (χ3n) is 2.91. The molecule has 1 amide bonds. The molecule has 118 valence electrons. The van der Waals surface area contributed by atoms with Crippen molar-refractivity contribution in [3.63, 3.8) is 0 Å². The molecule has 0 saturated heterocycles. The van der Waals surface area contributed by atoms with E-state index in [0.29, 0.717) is 5.02 Å². The molecule has 2 rings (SSSR count). The molecule has 1 heterocycles. The maximum Gasteiger partial charge on any atom is 0.237 e. The molecular formula is C14H17ClN4OS2. The van der Waals surface area contributed by atoms with Crippen LogP contribution in [0.5, 0.6) is 0 Å². The van der Waals surface area contributed by atoms with Crippen molar-refractivity contribution < 1.29 is 4.79 Å². The number of nitrogens with one attached hydrogen (secondary N) is 2. The van der Waals surface area contributed by atoms with Gasteiger partial charge in [0.05, 0.1) is 5.25 Å². The number of halogens is 1. The number of aromatic nitrogens is 2. The van der Waals surface area contributed by atoms with Crippen LogP contribution >= 0.6 is 34.7 Å². The van der Waals surface area contributed by atoms with Crippen molar-refractivity contribution in [3.05, 3.63) is 28.8 Å². The Morgan fingerprint density at radius 2 is 2.23 bits per heavy atom. The highest BCUT2D eigenvalue weighted by molar-refractivity contribution is 8.02. The van der Waals surface area contributed by atoms with E-state index in [2.05, 4.69) is 20.8 Å². The van der Waals surface area contributed by atoms with Gasteiger partial charge < -0.3 is 10.6 Å². The van der Waals surface area contributed by atoms with Crippen LogP contribution in [0.2, 0.25) is 5.02 Å². The predicted molar refractivity (Wildman–Crippen MR) is 94.2 cm³/mol. The first-order valence-electron chi connectivity index (χ1n) is 6.81. The number of hydrogen-bond acceptors (Lipinski definition) is 6. The quantitative estimate of drug-likeness (QED) is 0.764. The highest BCUT2D eigenvalue weighted by Crippen LogP contribution is 2.30. The average molecular weight is 357 g/mol. The Balaban J connectivity index is 1.98. The number of carbonyl (C=O) groups is 1. The second-order valence-electron chi connectivity index (χ2n) is 4.57. The molecule has 5 nitrogen and oxygen atoms in total. The highest BCUT2D eigenvalue weighted by Gasteiger charge is 2.18. The largest absolute Gasteiger partial charge is 0.360 e. The van der Waals surface area contributed by atoms with Crippen molar-refractivity contribution in [1.29, 1.82) is 0 Å². The summed E-state index contributed by atoms with van der Waals surface area (Å²) in [5, 5.41) is 15.2. The minimum atomic E-state index is -0.277. The topological polar surface area (TPSA) is 66.9 Å². The van der Waals surface area contributed by atoms with Crippen molar-refractivity contribution >= 4 is 51.4 Å². The molecule has 0 bridgehead atoms. The molecule has 8 heteroatoms. The van der Waals surface area contributed by atoms with E-state index in [4.69, 9.17) is 11.6 Å². The Bertz CT molecular complexity index is 662. The van der Waals surface area contributed by atoms with Crippen molar-refractivity contribution in [3.8, 4) is 0 Å². The predicted octanol–water partition coefficient (Wildman–Crippen LogP) is 4.05. The lowest BCUT2D eigenvalue weighted by Gasteiger charge is -2.12. The van der Waals surface area contributed by atoms with Crippen molar-refractivity contribution in [1.82, 2.24) is 10.2 Å². The van der Waals surface area contributed by atoms with Gasteiger partial charge in [0, 0.05) is 17.3 Å². The van der Waals surface area contributed by atoms with E-state index in [1.54, 1.807) is 6.07 Å². The standard InChI is InChI=1S/C14H17ClN4OS2/c1-4-16-13-18-19-14(22-13)21-9(3)12(20)17-11-7-5-6-10(15)8(11)2/h5-7,9H,4H2,1-3H3,(H,16,18)(H,17,20)/t9-/m0/s1. The fourth-order valence-corrected chi connectivity index (χ4v) is 3.80. The summed E-state index contributed by atoms with van der Waals surface area (Å²) >= 11 is 8.89. The first-order chi connectivity index (χ1) is 10.5. The summed E-state index contributed by atoms with van der Waals surface area (Å²) in [4.78, 5) is 12.3. The van der Waals surface area contributed by atoms with Crippen LogP contribution in [0, 0.1) is 6.92 Å². The number of carbonyl (C=O) groups excluding carboxylic acids is 1. The zero-order chi connectivity index (χ0) is 16.1. The van der Waals surface area contributed by atoms with Crippen LogP contribution in [-0.2, 0) is 4.79 Å². The number of benzene rings is 1. The summed E-state index contributed by atoms with van der Waals surface area (Å²) < 4.78 is 0.765. The van der Waals surface area contributed by atoms with E-state index in [1.807, 2.05) is 32.9 Å². The fraction of sp³-hybridized carbons (Fsp3) is 0.357.